The molecule has 0 bridgehead atoms. The second-order valence-electron chi connectivity index (χ2n) is 28.1. The zero-order valence-electron chi connectivity index (χ0n) is 60.8. The molecule has 1 rings (SSSR count). The Morgan fingerprint density at radius 1 is 0.495 bits per heavy atom. The van der Waals surface area contributed by atoms with E-state index in [9.17, 15) is 33.9 Å². The highest BCUT2D eigenvalue weighted by Gasteiger charge is 2.47. The molecule has 93 heavy (non-hydrogen) atoms. The van der Waals surface area contributed by atoms with E-state index in [1.807, 2.05) is 55.4 Å². The minimum absolute atomic E-state index is 0.0315. The number of hydrogen-bond acceptors (Lipinski definition) is 14. The highest BCUT2D eigenvalue weighted by Crippen LogP contribution is 2.27. The Labute approximate surface area is 561 Å². The van der Waals surface area contributed by atoms with Crippen LogP contribution in [0.5, 0.6) is 0 Å². The monoisotopic (exact) mass is 1330 g/mol. The molecular formula is C67H120N12O13S. The summed E-state index contributed by atoms with van der Waals surface area (Å²) in [5.74, 6) is -10.9. The van der Waals surface area contributed by atoms with Gasteiger partial charge in [-0.1, -0.05) is 109 Å². The van der Waals surface area contributed by atoms with Crippen LogP contribution in [0.2, 0.25) is 0 Å². The summed E-state index contributed by atoms with van der Waals surface area (Å²) in [5.41, 5.74) is 0. The largest absolute Gasteiger partial charge is 0.390 e. The van der Waals surface area contributed by atoms with Gasteiger partial charge in [0, 0.05) is 68.1 Å². The second-order valence-corrected chi connectivity index (χ2v) is 28.7. The predicted octanol–water partition coefficient (Wildman–Crippen LogP) is 3.46. The van der Waals surface area contributed by atoms with Gasteiger partial charge < -0.3 is 66.0 Å². The molecule has 12 amide bonds. The molecule has 26 heteroatoms. The van der Waals surface area contributed by atoms with Crippen molar-refractivity contribution in [1.82, 2.24) is 60.9 Å². The first-order chi connectivity index (χ1) is 42.9. The van der Waals surface area contributed by atoms with Crippen molar-refractivity contribution >= 4 is 83.5 Å². The maximum Gasteiger partial charge on any atom is 0.246 e. The molecule has 0 saturated carbocycles. The maximum absolute atomic E-state index is 15.4. The molecule has 1 fully saturated rings. The van der Waals surface area contributed by atoms with Crippen molar-refractivity contribution in [3.63, 3.8) is 0 Å². The molecule has 6 N–H and O–H groups in total. The molecule has 0 radical (unpaired) electrons. The van der Waals surface area contributed by atoms with Gasteiger partial charge in [-0.25, -0.2) is 0 Å². The molecule has 14 atom stereocenters. The van der Waals surface area contributed by atoms with Crippen molar-refractivity contribution in [2.45, 2.75) is 247 Å². The van der Waals surface area contributed by atoms with Crippen LogP contribution in [0.1, 0.15) is 170 Å². The van der Waals surface area contributed by atoms with Crippen LogP contribution in [-0.4, -0.2) is 244 Å². The number of aliphatic hydroxyl groups is 1. The minimum Gasteiger partial charge on any atom is -0.390 e. The molecular weight excluding hydrogens is 1210 g/mol. The number of thiol groups is 1. The van der Waals surface area contributed by atoms with Gasteiger partial charge in [-0.15, -0.1) is 0 Å². The number of hydrogen-bond donors (Lipinski definition) is 7. The van der Waals surface area contributed by atoms with Gasteiger partial charge in [0.25, 0.3) is 0 Å². The fourth-order valence-corrected chi connectivity index (χ4v) is 12.2. The molecule has 0 spiro atoms. The van der Waals surface area contributed by atoms with E-state index in [2.05, 4.69) is 26.6 Å². The summed E-state index contributed by atoms with van der Waals surface area (Å²) in [6.07, 6.45) is 2.71. The number of rotatable bonds is 19. The van der Waals surface area contributed by atoms with Crippen LogP contribution in [0.3, 0.4) is 0 Å². The van der Waals surface area contributed by atoms with Crippen molar-refractivity contribution in [3.8, 4) is 0 Å². The number of carbonyl (C=O) groups excluding carboxylic acids is 12. The summed E-state index contributed by atoms with van der Waals surface area (Å²) in [6, 6.07) is -14.4. The number of allylic oxidation sites excluding steroid dienone is 2. The van der Waals surface area contributed by atoms with Gasteiger partial charge in [0.1, 0.15) is 66.5 Å². The molecule has 532 valence electrons. The fourth-order valence-electron chi connectivity index (χ4n) is 11.7. The first kappa shape index (κ1) is 84.7. The predicted molar refractivity (Wildman–Crippen MR) is 363 cm³/mol. The summed E-state index contributed by atoms with van der Waals surface area (Å²) in [5, 5.41) is 25.0. The Morgan fingerprint density at radius 3 is 1.33 bits per heavy atom. The fraction of sp³-hybridized carbons (Fsp3) is 0.791. The Kier molecular flexibility index (Phi) is 35.4. The SMILES string of the molecule is C/C=C/C[C@@H](C)[C@@H](O)C1C(=O)N[C@@H](CC)C(=O)N(C)C(C(S)CCNC(C)=O)C(=O)N(C)[C@@H](CC(C)C)C(=O)N[C@@H](C(C)C)C(=O)N(C)[C@@H](CC(C)C)C(=O)N[C@@H](C)C(=O)N[C@H](C)C(=O)N(C)[C@@H](CC(C)C)C(=O)N(C)[C@@H](CC(C)C)C(=O)N(C)[C@@H](C(C)C)C(=O)N1C. The third-order valence-electron chi connectivity index (χ3n) is 17.5. The van der Waals surface area contributed by atoms with Crippen LogP contribution in [0.15, 0.2) is 12.2 Å². The summed E-state index contributed by atoms with van der Waals surface area (Å²) in [7, 11) is 9.81. The Morgan fingerprint density at radius 2 is 0.892 bits per heavy atom. The average molecular weight is 1330 g/mol. The number of likely N-dealkylation sites (N-methyl/N-ethyl adjacent to an activating group) is 7. The first-order valence-electron chi connectivity index (χ1n) is 33.2. The van der Waals surface area contributed by atoms with E-state index in [0.717, 1.165) is 9.80 Å². The quantitative estimate of drug-likeness (QED) is 0.0721. The first-order valence-corrected chi connectivity index (χ1v) is 33.8. The smallest absolute Gasteiger partial charge is 0.246 e. The zero-order valence-corrected chi connectivity index (χ0v) is 61.7. The topological polar surface area (TPSA) is 308 Å². The van der Waals surface area contributed by atoms with Crippen LogP contribution >= 0.6 is 12.6 Å². The summed E-state index contributed by atoms with van der Waals surface area (Å²) in [4.78, 5) is 184. The zero-order chi connectivity index (χ0) is 72.1. The van der Waals surface area contributed by atoms with E-state index in [0.29, 0.717) is 0 Å². The van der Waals surface area contributed by atoms with Gasteiger partial charge in [0.15, 0.2) is 0 Å². The lowest BCUT2D eigenvalue weighted by molar-refractivity contribution is -0.157. The second kappa shape index (κ2) is 38.9. The van der Waals surface area contributed by atoms with Gasteiger partial charge in [-0.3, -0.25) is 57.5 Å². The summed E-state index contributed by atoms with van der Waals surface area (Å²) < 4.78 is 0. The Bertz CT molecular complexity index is 2580. The van der Waals surface area contributed by atoms with Gasteiger partial charge >= 0.3 is 0 Å². The lowest BCUT2D eigenvalue weighted by Crippen LogP contribution is -2.64. The van der Waals surface area contributed by atoms with E-state index in [1.165, 1.54) is 94.6 Å². The molecule has 0 aliphatic carbocycles. The highest BCUT2D eigenvalue weighted by molar-refractivity contribution is 7.81. The van der Waals surface area contributed by atoms with Crippen LogP contribution < -0.4 is 26.6 Å². The van der Waals surface area contributed by atoms with Gasteiger partial charge in [0.05, 0.1) is 6.10 Å². The number of nitrogens with zero attached hydrogens (tertiary/aromatic N) is 7. The van der Waals surface area contributed by atoms with Crippen LogP contribution in [0.25, 0.3) is 0 Å². The molecule has 0 aromatic rings. The normalized spacial score (nSPS) is 26.7. The van der Waals surface area contributed by atoms with E-state index in [1.54, 1.807) is 60.6 Å². The molecule has 0 aromatic carbocycles. The third kappa shape index (κ3) is 24.1. The molecule has 3 unspecified atom stereocenters. The van der Waals surface area contributed by atoms with Crippen molar-refractivity contribution in [2.24, 2.45) is 41.4 Å². The van der Waals surface area contributed by atoms with Crippen molar-refractivity contribution in [2.75, 3.05) is 55.9 Å². The molecule has 0 aromatic heterocycles. The summed E-state index contributed by atoms with van der Waals surface area (Å²) in [6.45, 7) is 31.0. The van der Waals surface area contributed by atoms with Gasteiger partial charge in [0.2, 0.25) is 70.9 Å². The molecule has 1 aliphatic rings. The number of amides is 12. The van der Waals surface area contributed by atoms with Crippen molar-refractivity contribution in [3.05, 3.63) is 12.2 Å². The van der Waals surface area contributed by atoms with E-state index < -0.39 is 161 Å². The van der Waals surface area contributed by atoms with Crippen molar-refractivity contribution in [1.29, 1.82) is 0 Å². The highest BCUT2D eigenvalue weighted by atomic mass is 32.1. The number of aliphatic hydroxyl groups excluding tert-OH is 1. The lowest BCUT2D eigenvalue weighted by atomic mass is 9.91. The summed E-state index contributed by atoms with van der Waals surface area (Å²) >= 11 is 4.86. The van der Waals surface area contributed by atoms with Crippen LogP contribution in [0, 0.1) is 41.4 Å². The number of carbonyl (C=O) groups is 12. The van der Waals surface area contributed by atoms with Crippen LogP contribution in [-0.2, 0) is 57.5 Å². The molecule has 25 nitrogen and oxygen atoms in total. The van der Waals surface area contributed by atoms with E-state index >= 15 is 28.8 Å². The molecule has 1 heterocycles. The van der Waals surface area contributed by atoms with Crippen molar-refractivity contribution < 1.29 is 62.6 Å². The van der Waals surface area contributed by atoms with Gasteiger partial charge in [-0.05, 0) is 107 Å². The molecule has 1 saturated heterocycles. The minimum atomic E-state index is -1.68. The Balaban J connectivity index is 4.58. The van der Waals surface area contributed by atoms with Crippen LogP contribution in [0.4, 0.5) is 0 Å². The van der Waals surface area contributed by atoms with Gasteiger partial charge in [-0.2, -0.15) is 12.6 Å². The molecule has 1 aliphatic heterocycles. The lowest BCUT2D eigenvalue weighted by Gasteiger charge is -2.42. The average Bonchev–Trinajstić information content (AvgIpc) is 0.838. The third-order valence-corrected chi connectivity index (χ3v) is 18.0. The Hall–Kier alpha value is -6.31. The standard InChI is InChI=1S/C67H120N12O13S/c1-26-28-29-42(15)56(81)55-60(85)71-46(27-2)62(87)78(24)54(51(93)30-31-68-45(18)80)67(92)74(20)48(33-37(5)6)59(84)72-52(40(11)12)65(90)73(19)47(32-36(3)4)58(83)69-43(16)57(82)70-44(17)61(86)75(21)49(34-38(7)8)63(88)76(22)50(35-39(9)10)64(89)77(23)53(41(13)14)66(91)79(55)25/h26,28,36-44,46-56,81,93H,27,29-35H2,1-25H3,(H,68,80)(H,69,83)(H,70,82)(H,71,85)(H,72,84)/b28-26+/t42-,43+,44-,46+,47+,48+,49+,50+,51?,52+,53+,54?,55?,56-/m1/s1. The maximum atomic E-state index is 15.4. The van der Waals surface area contributed by atoms with E-state index in [-0.39, 0.29) is 81.1 Å². The number of nitrogens with one attached hydrogen (secondary N) is 5. The van der Waals surface area contributed by atoms with E-state index in [4.69, 9.17) is 12.6 Å².